The lowest BCUT2D eigenvalue weighted by Crippen LogP contribution is -1.99. The molecule has 1 aromatic carbocycles. The molecule has 0 atom stereocenters. The number of ketones is 1. The maximum atomic E-state index is 11.9. The Bertz CT molecular complexity index is 369. The van der Waals surface area contributed by atoms with Gasteiger partial charge < -0.3 is 4.74 Å². The number of rotatable bonds is 8. The molecular formula is C15H20O2. The van der Waals surface area contributed by atoms with E-state index in [4.69, 9.17) is 4.74 Å². The lowest BCUT2D eigenvalue weighted by Gasteiger charge is -2.03. The van der Waals surface area contributed by atoms with E-state index < -0.39 is 0 Å². The van der Waals surface area contributed by atoms with Crippen LogP contribution in [0.3, 0.4) is 0 Å². The van der Waals surface area contributed by atoms with Gasteiger partial charge in [0.2, 0.25) is 0 Å². The average Bonchev–Trinajstić information content (AvgIpc) is 2.38. The molecule has 0 heterocycles. The van der Waals surface area contributed by atoms with Gasteiger partial charge in [0.15, 0.2) is 5.78 Å². The van der Waals surface area contributed by atoms with E-state index in [0.717, 1.165) is 37.0 Å². The highest BCUT2D eigenvalue weighted by molar-refractivity contribution is 5.96. The van der Waals surface area contributed by atoms with Gasteiger partial charge in [-0.05, 0) is 31.4 Å². The zero-order valence-corrected chi connectivity index (χ0v) is 10.4. The van der Waals surface area contributed by atoms with E-state index in [1.165, 1.54) is 0 Å². The van der Waals surface area contributed by atoms with Gasteiger partial charge in [0.25, 0.3) is 0 Å². The van der Waals surface area contributed by atoms with Crippen LogP contribution in [-0.2, 0) is 0 Å². The summed E-state index contributed by atoms with van der Waals surface area (Å²) in [5.74, 6) is 0.935. The van der Waals surface area contributed by atoms with Crippen molar-refractivity contribution in [2.45, 2.75) is 32.1 Å². The number of allylic oxidation sites excluding steroid dienone is 1. The second kappa shape index (κ2) is 7.66. The topological polar surface area (TPSA) is 26.3 Å². The monoisotopic (exact) mass is 232 g/mol. The van der Waals surface area contributed by atoms with E-state index in [1.807, 2.05) is 24.3 Å². The molecule has 0 spiro atoms. The Balaban J connectivity index is 2.38. The van der Waals surface area contributed by atoms with E-state index in [0.29, 0.717) is 6.42 Å². The van der Waals surface area contributed by atoms with Crippen molar-refractivity contribution in [3.8, 4) is 5.75 Å². The van der Waals surface area contributed by atoms with E-state index in [2.05, 4.69) is 6.58 Å². The normalized spacial score (nSPS) is 9.94. The quantitative estimate of drug-likeness (QED) is 0.384. The molecule has 2 heteroatoms. The molecule has 0 aliphatic rings. The fourth-order valence-corrected chi connectivity index (χ4v) is 1.69. The molecule has 0 saturated carbocycles. The summed E-state index contributed by atoms with van der Waals surface area (Å²) in [7, 11) is 1.61. The van der Waals surface area contributed by atoms with Crippen molar-refractivity contribution in [3.05, 3.63) is 42.5 Å². The Morgan fingerprint density at radius 3 is 2.88 bits per heavy atom. The molecule has 0 N–H and O–H groups in total. The minimum absolute atomic E-state index is 0.197. The van der Waals surface area contributed by atoms with Gasteiger partial charge in [-0.15, -0.1) is 6.58 Å². The third-order valence-corrected chi connectivity index (χ3v) is 2.70. The van der Waals surface area contributed by atoms with Gasteiger partial charge in [0, 0.05) is 12.0 Å². The molecule has 0 saturated heterocycles. The molecule has 1 rings (SSSR count). The van der Waals surface area contributed by atoms with Gasteiger partial charge in [-0.25, -0.2) is 0 Å². The van der Waals surface area contributed by atoms with E-state index in [9.17, 15) is 4.79 Å². The third-order valence-electron chi connectivity index (χ3n) is 2.70. The fraction of sp³-hybridized carbons (Fsp3) is 0.400. The molecule has 0 amide bonds. The Hall–Kier alpha value is -1.57. The number of benzene rings is 1. The molecular weight excluding hydrogens is 212 g/mol. The summed E-state index contributed by atoms with van der Waals surface area (Å²) in [4.78, 5) is 11.9. The van der Waals surface area contributed by atoms with E-state index >= 15 is 0 Å². The molecule has 2 nitrogen and oxygen atoms in total. The van der Waals surface area contributed by atoms with Crippen LogP contribution in [0.15, 0.2) is 36.9 Å². The molecule has 0 aliphatic heterocycles. The minimum Gasteiger partial charge on any atom is -0.497 e. The Labute approximate surface area is 103 Å². The average molecular weight is 232 g/mol. The highest BCUT2D eigenvalue weighted by Crippen LogP contribution is 2.15. The largest absolute Gasteiger partial charge is 0.497 e. The van der Waals surface area contributed by atoms with Crippen LogP contribution in [0.4, 0.5) is 0 Å². The number of hydrogen-bond acceptors (Lipinski definition) is 2. The summed E-state index contributed by atoms with van der Waals surface area (Å²) < 4.78 is 5.10. The molecule has 1 aromatic rings. The number of unbranched alkanes of at least 4 members (excludes halogenated alkanes) is 3. The maximum absolute atomic E-state index is 11.9. The first-order valence-corrected chi connectivity index (χ1v) is 6.06. The van der Waals surface area contributed by atoms with Gasteiger partial charge in [0.05, 0.1) is 7.11 Å². The molecule has 0 fully saturated rings. The van der Waals surface area contributed by atoms with Crippen LogP contribution in [0.25, 0.3) is 0 Å². The molecule has 92 valence electrons. The second-order valence-corrected chi connectivity index (χ2v) is 4.04. The van der Waals surface area contributed by atoms with Crippen molar-refractivity contribution in [1.29, 1.82) is 0 Å². The Kier molecular flexibility index (Phi) is 6.08. The van der Waals surface area contributed by atoms with Gasteiger partial charge in [-0.2, -0.15) is 0 Å². The highest BCUT2D eigenvalue weighted by atomic mass is 16.5. The minimum atomic E-state index is 0.197. The lowest BCUT2D eigenvalue weighted by molar-refractivity contribution is 0.0979. The van der Waals surface area contributed by atoms with Crippen LogP contribution in [-0.4, -0.2) is 12.9 Å². The summed E-state index contributed by atoms with van der Waals surface area (Å²) >= 11 is 0. The van der Waals surface area contributed by atoms with Gasteiger partial charge >= 0.3 is 0 Å². The molecule has 0 aliphatic carbocycles. The Morgan fingerprint density at radius 2 is 2.18 bits per heavy atom. The van der Waals surface area contributed by atoms with Crippen molar-refractivity contribution in [1.82, 2.24) is 0 Å². The van der Waals surface area contributed by atoms with Crippen molar-refractivity contribution < 1.29 is 9.53 Å². The Morgan fingerprint density at radius 1 is 1.35 bits per heavy atom. The van der Waals surface area contributed by atoms with Gasteiger partial charge in [0.1, 0.15) is 5.75 Å². The standard InChI is InChI=1S/C15H20O2/c1-3-4-5-6-7-11-15(16)13-9-8-10-14(12-13)17-2/h3,8-10,12H,1,4-7,11H2,2H3. The highest BCUT2D eigenvalue weighted by Gasteiger charge is 2.06. The fourth-order valence-electron chi connectivity index (χ4n) is 1.69. The zero-order valence-electron chi connectivity index (χ0n) is 10.4. The summed E-state index contributed by atoms with van der Waals surface area (Å²) in [6, 6.07) is 7.34. The van der Waals surface area contributed by atoms with Crippen LogP contribution in [0.2, 0.25) is 0 Å². The molecule has 0 radical (unpaired) electrons. The molecule has 0 bridgehead atoms. The van der Waals surface area contributed by atoms with Crippen molar-refractivity contribution >= 4 is 5.78 Å². The van der Waals surface area contributed by atoms with Crippen LogP contribution < -0.4 is 4.74 Å². The van der Waals surface area contributed by atoms with E-state index in [-0.39, 0.29) is 5.78 Å². The summed E-state index contributed by atoms with van der Waals surface area (Å²) in [6.45, 7) is 3.68. The smallest absolute Gasteiger partial charge is 0.163 e. The number of methoxy groups -OCH3 is 1. The SMILES string of the molecule is C=CCCCCCC(=O)c1cccc(OC)c1. The first-order valence-electron chi connectivity index (χ1n) is 6.06. The van der Waals surface area contributed by atoms with Crippen LogP contribution in [0.5, 0.6) is 5.75 Å². The molecule has 0 unspecified atom stereocenters. The van der Waals surface area contributed by atoms with E-state index in [1.54, 1.807) is 13.2 Å². The van der Waals surface area contributed by atoms with Crippen LogP contribution in [0, 0.1) is 0 Å². The summed E-state index contributed by atoms with van der Waals surface area (Å²) in [5.41, 5.74) is 0.744. The summed E-state index contributed by atoms with van der Waals surface area (Å²) in [6.07, 6.45) is 6.72. The van der Waals surface area contributed by atoms with Gasteiger partial charge in [-0.3, -0.25) is 4.79 Å². The van der Waals surface area contributed by atoms with Crippen LogP contribution in [0.1, 0.15) is 42.5 Å². The number of Topliss-reactive ketones (excluding diaryl/α,β-unsaturated/α-hetero) is 1. The van der Waals surface area contributed by atoms with Crippen molar-refractivity contribution in [3.63, 3.8) is 0 Å². The molecule has 17 heavy (non-hydrogen) atoms. The third kappa shape index (κ3) is 4.85. The molecule has 0 aromatic heterocycles. The number of hydrogen-bond donors (Lipinski definition) is 0. The van der Waals surface area contributed by atoms with Crippen LogP contribution >= 0.6 is 0 Å². The zero-order chi connectivity index (χ0) is 12.5. The van der Waals surface area contributed by atoms with Crippen molar-refractivity contribution in [2.75, 3.05) is 7.11 Å². The van der Waals surface area contributed by atoms with Gasteiger partial charge in [-0.1, -0.05) is 24.6 Å². The number of ether oxygens (including phenoxy) is 1. The van der Waals surface area contributed by atoms with Crippen molar-refractivity contribution in [2.24, 2.45) is 0 Å². The second-order valence-electron chi connectivity index (χ2n) is 4.04. The maximum Gasteiger partial charge on any atom is 0.163 e. The number of carbonyl (C=O) groups is 1. The summed E-state index contributed by atoms with van der Waals surface area (Å²) in [5, 5.41) is 0. The lowest BCUT2D eigenvalue weighted by atomic mass is 10.0. The first-order chi connectivity index (χ1) is 8.27. The number of carbonyl (C=O) groups excluding carboxylic acids is 1. The predicted molar refractivity (Wildman–Crippen MR) is 70.6 cm³/mol. The first kappa shape index (κ1) is 13.5. The predicted octanol–water partition coefficient (Wildman–Crippen LogP) is 4.01.